The molecule has 0 atom stereocenters. The highest BCUT2D eigenvalue weighted by Gasteiger charge is 2.24. The first-order chi connectivity index (χ1) is 9.70. The summed E-state index contributed by atoms with van der Waals surface area (Å²) in [5.74, 6) is 0.153. The minimum Gasteiger partial charge on any atom is -0.508 e. The third-order valence-electron chi connectivity index (χ3n) is 3.70. The lowest BCUT2D eigenvalue weighted by molar-refractivity contribution is -0.128. The van der Waals surface area contributed by atoms with Crippen molar-refractivity contribution >= 4 is 12.0 Å². The third-order valence-corrected chi connectivity index (χ3v) is 3.70. The lowest BCUT2D eigenvalue weighted by atomic mass is 10.1. The Hall–Kier alpha value is -1.81. The zero-order valence-electron chi connectivity index (χ0n) is 11.5. The number of aliphatic hydroxyl groups is 1. The van der Waals surface area contributed by atoms with Crippen LogP contribution >= 0.6 is 0 Å². The molecule has 1 aromatic carbocycles. The summed E-state index contributed by atoms with van der Waals surface area (Å²) in [6.07, 6.45) is 7.64. The van der Waals surface area contributed by atoms with Crippen LogP contribution in [-0.4, -0.2) is 40.2 Å². The van der Waals surface area contributed by atoms with Crippen LogP contribution in [0.3, 0.4) is 0 Å². The molecule has 1 saturated carbocycles. The monoisotopic (exact) mass is 275 g/mol. The van der Waals surface area contributed by atoms with Crippen LogP contribution in [0.25, 0.3) is 6.08 Å². The number of aliphatic hydroxyl groups excluding tert-OH is 1. The number of phenolic OH excluding ortho intramolecular Hbond substituents is 1. The first-order valence-electron chi connectivity index (χ1n) is 7.09. The third kappa shape index (κ3) is 3.84. The molecule has 0 spiro atoms. The van der Waals surface area contributed by atoms with E-state index in [4.69, 9.17) is 5.11 Å². The maximum absolute atomic E-state index is 12.2. The Morgan fingerprint density at radius 2 is 1.90 bits per heavy atom. The van der Waals surface area contributed by atoms with Gasteiger partial charge in [0.15, 0.2) is 0 Å². The van der Waals surface area contributed by atoms with E-state index in [0.717, 1.165) is 31.2 Å². The van der Waals surface area contributed by atoms with Gasteiger partial charge >= 0.3 is 0 Å². The maximum atomic E-state index is 12.2. The van der Waals surface area contributed by atoms with Gasteiger partial charge in [-0.25, -0.2) is 0 Å². The summed E-state index contributed by atoms with van der Waals surface area (Å²) in [7, 11) is 0. The predicted molar refractivity (Wildman–Crippen MR) is 78.2 cm³/mol. The first kappa shape index (κ1) is 14.6. The number of aromatic hydroxyl groups is 1. The average molecular weight is 275 g/mol. The van der Waals surface area contributed by atoms with Crippen LogP contribution in [-0.2, 0) is 4.79 Å². The minimum absolute atomic E-state index is 0.00467. The molecule has 1 aromatic rings. The quantitative estimate of drug-likeness (QED) is 0.810. The number of hydrogen-bond donors (Lipinski definition) is 2. The summed E-state index contributed by atoms with van der Waals surface area (Å²) in [4.78, 5) is 14.0. The Morgan fingerprint density at radius 3 is 2.50 bits per heavy atom. The Balaban J connectivity index is 2.01. The first-order valence-corrected chi connectivity index (χ1v) is 7.09. The van der Waals surface area contributed by atoms with Gasteiger partial charge in [-0.05, 0) is 36.6 Å². The van der Waals surface area contributed by atoms with Gasteiger partial charge in [-0.15, -0.1) is 0 Å². The SMILES string of the molecule is O=C(C=Cc1ccc(O)cc1)N(CCO)C1CCCC1. The molecule has 1 fully saturated rings. The average Bonchev–Trinajstić information content (AvgIpc) is 2.97. The van der Waals surface area contributed by atoms with E-state index in [1.807, 2.05) is 0 Å². The second-order valence-corrected chi connectivity index (χ2v) is 5.12. The lowest BCUT2D eigenvalue weighted by Crippen LogP contribution is -2.39. The summed E-state index contributed by atoms with van der Waals surface area (Å²) in [6.45, 7) is 0.388. The van der Waals surface area contributed by atoms with Gasteiger partial charge < -0.3 is 15.1 Å². The molecule has 0 saturated heterocycles. The van der Waals surface area contributed by atoms with Crippen molar-refractivity contribution in [3.05, 3.63) is 35.9 Å². The number of carbonyl (C=O) groups excluding carboxylic acids is 1. The molecule has 4 nitrogen and oxygen atoms in total. The maximum Gasteiger partial charge on any atom is 0.246 e. The summed E-state index contributed by atoms with van der Waals surface area (Å²) in [6, 6.07) is 6.95. The largest absolute Gasteiger partial charge is 0.508 e. The Bertz CT molecular complexity index is 461. The van der Waals surface area contributed by atoms with E-state index in [9.17, 15) is 9.90 Å². The van der Waals surface area contributed by atoms with E-state index in [1.54, 1.807) is 41.3 Å². The highest BCUT2D eigenvalue weighted by Crippen LogP contribution is 2.23. The fourth-order valence-electron chi connectivity index (χ4n) is 2.65. The number of phenols is 1. The molecular weight excluding hydrogens is 254 g/mol. The normalized spacial score (nSPS) is 15.8. The molecule has 1 aliphatic rings. The van der Waals surface area contributed by atoms with Crippen molar-refractivity contribution in [1.82, 2.24) is 4.90 Å². The fourth-order valence-corrected chi connectivity index (χ4v) is 2.65. The number of nitrogens with zero attached hydrogens (tertiary/aromatic N) is 1. The van der Waals surface area contributed by atoms with Gasteiger partial charge in [0.25, 0.3) is 0 Å². The Labute approximate surface area is 119 Å². The number of carbonyl (C=O) groups is 1. The summed E-state index contributed by atoms with van der Waals surface area (Å²) >= 11 is 0. The molecule has 0 radical (unpaired) electrons. The van der Waals surface area contributed by atoms with Crippen LogP contribution in [0, 0.1) is 0 Å². The van der Waals surface area contributed by atoms with Crippen LogP contribution in [0.1, 0.15) is 31.2 Å². The molecule has 20 heavy (non-hydrogen) atoms. The second kappa shape index (κ2) is 7.10. The van der Waals surface area contributed by atoms with E-state index in [0.29, 0.717) is 6.54 Å². The number of amides is 1. The van der Waals surface area contributed by atoms with E-state index in [2.05, 4.69) is 0 Å². The molecule has 0 heterocycles. The van der Waals surface area contributed by atoms with Gasteiger partial charge in [0.2, 0.25) is 5.91 Å². The van der Waals surface area contributed by atoms with Crippen LogP contribution in [0.2, 0.25) is 0 Å². The number of benzene rings is 1. The van der Waals surface area contributed by atoms with Crippen molar-refractivity contribution < 1.29 is 15.0 Å². The highest BCUT2D eigenvalue weighted by atomic mass is 16.3. The van der Waals surface area contributed by atoms with Gasteiger partial charge in [-0.1, -0.05) is 25.0 Å². The van der Waals surface area contributed by atoms with Gasteiger partial charge in [-0.3, -0.25) is 4.79 Å². The molecule has 0 unspecified atom stereocenters. The van der Waals surface area contributed by atoms with Gasteiger partial charge in [0, 0.05) is 18.7 Å². The van der Waals surface area contributed by atoms with Gasteiger partial charge in [0.1, 0.15) is 5.75 Å². The molecule has 0 bridgehead atoms. The van der Waals surface area contributed by atoms with Crippen molar-refractivity contribution in [2.45, 2.75) is 31.7 Å². The standard InChI is InChI=1S/C16H21NO3/c18-12-11-17(14-3-1-2-4-14)16(20)10-7-13-5-8-15(19)9-6-13/h5-10,14,18-19H,1-4,11-12H2. The van der Waals surface area contributed by atoms with E-state index in [1.165, 1.54) is 0 Å². The number of rotatable bonds is 5. The van der Waals surface area contributed by atoms with Crippen molar-refractivity contribution in [3.8, 4) is 5.75 Å². The molecule has 2 N–H and O–H groups in total. The number of hydrogen-bond acceptors (Lipinski definition) is 3. The molecule has 4 heteroatoms. The molecular formula is C16H21NO3. The van der Waals surface area contributed by atoms with Crippen molar-refractivity contribution in [1.29, 1.82) is 0 Å². The van der Waals surface area contributed by atoms with Crippen LogP contribution in [0.5, 0.6) is 5.75 Å². The summed E-state index contributed by atoms with van der Waals surface area (Å²) < 4.78 is 0. The zero-order valence-corrected chi connectivity index (χ0v) is 11.5. The van der Waals surface area contributed by atoms with E-state index >= 15 is 0 Å². The van der Waals surface area contributed by atoms with Crippen molar-refractivity contribution in [2.24, 2.45) is 0 Å². The molecule has 1 aliphatic carbocycles. The van der Waals surface area contributed by atoms with Crippen molar-refractivity contribution in [3.63, 3.8) is 0 Å². The molecule has 1 amide bonds. The topological polar surface area (TPSA) is 60.8 Å². The van der Waals surface area contributed by atoms with Gasteiger partial charge in [0.05, 0.1) is 6.61 Å². The second-order valence-electron chi connectivity index (χ2n) is 5.12. The molecule has 2 rings (SSSR count). The van der Waals surface area contributed by atoms with Crippen LogP contribution in [0.15, 0.2) is 30.3 Å². The lowest BCUT2D eigenvalue weighted by Gasteiger charge is -2.27. The molecule has 108 valence electrons. The molecule has 0 aliphatic heterocycles. The van der Waals surface area contributed by atoms with Crippen LogP contribution in [0.4, 0.5) is 0 Å². The molecule has 0 aromatic heterocycles. The zero-order chi connectivity index (χ0) is 14.4. The highest BCUT2D eigenvalue weighted by molar-refractivity contribution is 5.92. The minimum atomic E-state index is -0.0565. The van der Waals surface area contributed by atoms with Gasteiger partial charge in [-0.2, -0.15) is 0 Å². The smallest absolute Gasteiger partial charge is 0.246 e. The van der Waals surface area contributed by atoms with Crippen LogP contribution < -0.4 is 0 Å². The Kier molecular flexibility index (Phi) is 5.18. The fraction of sp³-hybridized carbons (Fsp3) is 0.438. The summed E-state index contributed by atoms with van der Waals surface area (Å²) in [5, 5.41) is 18.3. The predicted octanol–water partition coefficient (Wildman–Crippen LogP) is 2.17. The van der Waals surface area contributed by atoms with E-state index < -0.39 is 0 Å². The van der Waals surface area contributed by atoms with Crippen molar-refractivity contribution in [2.75, 3.05) is 13.2 Å². The summed E-state index contributed by atoms with van der Waals surface area (Å²) in [5.41, 5.74) is 0.867. The Morgan fingerprint density at radius 1 is 1.25 bits per heavy atom. The van der Waals surface area contributed by atoms with E-state index in [-0.39, 0.29) is 24.3 Å².